The summed E-state index contributed by atoms with van der Waals surface area (Å²) in [5.41, 5.74) is 1.81. The number of rotatable bonds is 6. The molecule has 1 aliphatic carbocycles. The van der Waals surface area contributed by atoms with Crippen LogP contribution in [0.1, 0.15) is 37.1 Å². The molecule has 7 nitrogen and oxygen atoms in total. The van der Waals surface area contributed by atoms with Crippen LogP contribution in [0.15, 0.2) is 23.0 Å². The molecule has 0 bridgehead atoms. The number of aryl methyl sites for hydroxylation is 2. The summed E-state index contributed by atoms with van der Waals surface area (Å²) in [7, 11) is 3.38. The van der Waals surface area contributed by atoms with Crippen molar-refractivity contribution in [3.63, 3.8) is 0 Å². The quantitative estimate of drug-likeness (QED) is 0.629. The summed E-state index contributed by atoms with van der Waals surface area (Å²) >= 11 is 1.63. The van der Waals surface area contributed by atoms with Crippen molar-refractivity contribution in [1.82, 2.24) is 14.9 Å². The molecule has 1 aliphatic rings. The van der Waals surface area contributed by atoms with Gasteiger partial charge in [-0.2, -0.15) is 0 Å². The number of nitrogens with one attached hydrogen (secondary N) is 1. The van der Waals surface area contributed by atoms with Crippen LogP contribution in [-0.2, 0) is 17.6 Å². The van der Waals surface area contributed by atoms with Crippen molar-refractivity contribution < 1.29 is 14.3 Å². The van der Waals surface area contributed by atoms with Gasteiger partial charge in [-0.1, -0.05) is 0 Å². The van der Waals surface area contributed by atoms with Crippen LogP contribution in [-0.4, -0.2) is 47.6 Å². The van der Waals surface area contributed by atoms with Gasteiger partial charge < -0.3 is 19.4 Å². The summed E-state index contributed by atoms with van der Waals surface area (Å²) < 4.78 is 11.6. The van der Waals surface area contributed by atoms with E-state index in [0.29, 0.717) is 23.9 Å². The second-order valence-electron chi connectivity index (χ2n) is 7.89. The number of nitrogens with zero attached hydrogens (tertiary/aromatic N) is 2. The van der Waals surface area contributed by atoms with Crippen molar-refractivity contribution in [3.8, 4) is 22.9 Å². The summed E-state index contributed by atoms with van der Waals surface area (Å²) in [5.74, 6) is 1.35. The lowest BCUT2D eigenvalue weighted by Gasteiger charge is -2.20. The third-order valence-electron chi connectivity index (χ3n) is 5.43. The minimum absolute atomic E-state index is 0.0945. The van der Waals surface area contributed by atoms with E-state index in [2.05, 4.69) is 4.98 Å². The average molecular weight is 442 g/mol. The lowest BCUT2D eigenvalue weighted by molar-refractivity contribution is -0.135. The van der Waals surface area contributed by atoms with Crippen molar-refractivity contribution in [2.45, 2.75) is 45.6 Å². The highest BCUT2D eigenvalue weighted by Gasteiger charge is 2.22. The van der Waals surface area contributed by atoms with Crippen LogP contribution in [0.2, 0.25) is 0 Å². The van der Waals surface area contributed by atoms with Gasteiger partial charge in [0, 0.05) is 24.5 Å². The number of ether oxygens (including phenoxy) is 2. The molecule has 0 spiro atoms. The molecule has 0 fully saturated rings. The Morgan fingerprint density at radius 2 is 2.03 bits per heavy atom. The smallest absolute Gasteiger partial charge is 0.262 e. The van der Waals surface area contributed by atoms with Crippen molar-refractivity contribution >= 4 is 27.5 Å². The Morgan fingerprint density at radius 1 is 1.26 bits per heavy atom. The van der Waals surface area contributed by atoms with Crippen LogP contribution in [0.3, 0.4) is 0 Å². The largest absolute Gasteiger partial charge is 0.490 e. The number of hydrogen-bond acceptors (Lipinski definition) is 6. The first-order valence-electron chi connectivity index (χ1n) is 10.6. The number of benzene rings is 1. The predicted octanol–water partition coefficient (Wildman–Crippen LogP) is 3.78. The van der Waals surface area contributed by atoms with Gasteiger partial charge in [0.05, 0.1) is 12.0 Å². The molecule has 4 rings (SSSR count). The third kappa shape index (κ3) is 4.17. The monoisotopic (exact) mass is 441 g/mol. The number of thiophene rings is 1. The Labute approximate surface area is 185 Å². The zero-order chi connectivity index (χ0) is 22.1. The van der Waals surface area contributed by atoms with Gasteiger partial charge in [0.2, 0.25) is 0 Å². The summed E-state index contributed by atoms with van der Waals surface area (Å²) in [5, 5.41) is 0.740. The molecule has 8 heteroatoms. The Hall–Kier alpha value is -2.87. The Morgan fingerprint density at radius 3 is 2.77 bits per heavy atom. The molecule has 0 radical (unpaired) electrons. The van der Waals surface area contributed by atoms with Crippen LogP contribution in [0.5, 0.6) is 11.5 Å². The third-order valence-corrected chi connectivity index (χ3v) is 6.62. The second kappa shape index (κ2) is 8.70. The lowest BCUT2D eigenvalue weighted by atomic mass is 9.97. The maximum atomic E-state index is 12.9. The highest BCUT2D eigenvalue weighted by atomic mass is 32.1. The lowest BCUT2D eigenvalue weighted by Crippen LogP contribution is -2.35. The number of aromatic amines is 1. The van der Waals surface area contributed by atoms with Crippen molar-refractivity contribution in [3.05, 3.63) is 39.0 Å². The molecule has 0 saturated carbocycles. The van der Waals surface area contributed by atoms with Gasteiger partial charge >= 0.3 is 0 Å². The molecule has 1 atom stereocenters. The van der Waals surface area contributed by atoms with E-state index in [1.807, 2.05) is 13.0 Å². The van der Waals surface area contributed by atoms with Crippen molar-refractivity contribution in [1.29, 1.82) is 0 Å². The van der Waals surface area contributed by atoms with Gasteiger partial charge in [0.1, 0.15) is 10.7 Å². The van der Waals surface area contributed by atoms with Gasteiger partial charge in [0.25, 0.3) is 11.5 Å². The summed E-state index contributed by atoms with van der Waals surface area (Å²) in [6.45, 7) is 4.03. The van der Waals surface area contributed by atoms with E-state index < -0.39 is 6.10 Å². The fourth-order valence-electron chi connectivity index (χ4n) is 3.93. The SMILES string of the molecule is CCOc1cc(-c2nc3sc4c(c3c(=O)[nH]2)CCCC4)ccc1OC(C)C(=O)N(C)C. The topological polar surface area (TPSA) is 84.5 Å². The number of carbonyl (C=O) groups is 1. The zero-order valence-electron chi connectivity index (χ0n) is 18.3. The molecule has 2 heterocycles. The molecule has 0 aliphatic heterocycles. The highest BCUT2D eigenvalue weighted by Crippen LogP contribution is 2.36. The fraction of sp³-hybridized carbons (Fsp3) is 0.435. The number of fused-ring (bicyclic) bond motifs is 3. The standard InChI is InChI=1S/C23H27N3O4S/c1-5-29-17-12-14(10-11-16(17)30-13(2)23(28)26(3)4)20-24-21(27)19-15-8-6-7-9-18(15)31-22(19)25-20/h10-13H,5-9H2,1-4H3,(H,24,25,27). The Kier molecular flexibility index (Phi) is 6.00. The molecular weight excluding hydrogens is 414 g/mol. The molecule has 1 N–H and O–H groups in total. The highest BCUT2D eigenvalue weighted by molar-refractivity contribution is 7.18. The van der Waals surface area contributed by atoms with Crippen LogP contribution in [0, 0.1) is 0 Å². The molecule has 1 unspecified atom stereocenters. The number of carbonyl (C=O) groups excluding carboxylic acids is 1. The van der Waals surface area contributed by atoms with E-state index in [-0.39, 0.29) is 11.5 Å². The maximum absolute atomic E-state index is 12.9. The molecule has 2 aromatic heterocycles. The normalized spacial score (nSPS) is 14.2. The van der Waals surface area contributed by atoms with Crippen LogP contribution >= 0.6 is 11.3 Å². The van der Waals surface area contributed by atoms with Gasteiger partial charge in [-0.3, -0.25) is 9.59 Å². The Balaban J connectivity index is 1.71. The number of hydrogen-bond donors (Lipinski definition) is 1. The minimum atomic E-state index is -0.647. The molecule has 0 saturated heterocycles. The molecule has 164 valence electrons. The second-order valence-corrected chi connectivity index (χ2v) is 8.98. The first kappa shape index (κ1) is 21.4. The molecule has 1 amide bonds. The zero-order valence-corrected chi connectivity index (χ0v) is 19.1. The first-order chi connectivity index (χ1) is 14.9. The van der Waals surface area contributed by atoms with Gasteiger partial charge in [-0.15, -0.1) is 11.3 Å². The van der Waals surface area contributed by atoms with E-state index in [4.69, 9.17) is 14.5 Å². The van der Waals surface area contributed by atoms with E-state index in [1.165, 1.54) is 21.8 Å². The van der Waals surface area contributed by atoms with Crippen LogP contribution < -0.4 is 15.0 Å². The molecule has 3 aromatic rings. The van der Waals surface area contributed by atoms with Gasteiger partial charge in [-0.25, -0.2) is 4.98 Å². The maximum Gasteiger partial charge on any atom is 0.262 e. The minimum Gasteiger partial charge on any atom is -0.490 e. The number of likely N-dealkylation sites (N-methyl/N-ethyl adjacent to an activating group) is 1. The average Bonchev–Trinajstić information content (AvgIpc) is 3.13. The number of aromatic nitrogens is 2. The first-order valence-corrected chi connectivity index (χ1v) is 11.4. The number of amides is 1. The predicted molar refractivity (Wildman–Crippen MR) is 122 cm³/mol. The van der Waals surface area contributed by atoms with Crippen LogP contribution in [0.25, 0.3) is 21.6 Å². The summed E-state index contributed by atoms with van der Waals surface area (Å²) in [4.78, 5) is 36.3. The Bertz CT molecular complexity index is 1180. The van der Waals surface area contributed by atoms with Gasteiger partial charge in [0.15, 0.2) is 17.6 Å². The molecular formula is C23H27N3O4S. The van der Waals surface area contributed by atoms with E-state index in [0.717, 1.165) is 35.0 Å². The number of H-pyrrole nitrogens is 1. The fourth-order valence-corrected chi connectivity index (χ4v) is 5.19. The van der Waals surface area contributed by atoms with Crippen molar-refractivity contribution in [2.75, 3.05) is 20.7 Å². The van der Waals surface area contributed by atoms with E-state index in [1.54, 1.807) is 44.5 Å². The van der Waals surface area contributed by atoms with Crippen molar-refractivity contribution in [2.24, 2.45) is 0 Å². The summed E-state index contributed by atoms with van der Waals surface area (Å²) in [6, 6.07) is 5.37. The van der Waals surface area contributed by atoms with Crippen LogP contribution in [0.4, 0.5) is 0 Å². The molecule has 1 aromatic carbocycles. The van der Waals surface area contributed by atoms with E-state index >= 15 is 0 Å². The van der Waals surface area contributed by atoms with E-state index in [9.17, 15) is 9.59 Å². The summed E-state index contributed by atoms with van der Waals surface area (Å²) in [6.07, 6.45) is 3.61. The molecule has 31 heavy (non-hydrogen) atoms. The van der Waals surface area contributed by atoms with Gasteiger partial charge in [-0.05, 0) is 63.3 Å².